The van der Waals surface area contributed by atoms with E-state index >= 15 is 0 Å². The average Bonchev–Trinajstić information content (AvgIpc) is 2.51. The second kappa shape index (κ2) is 7.29. The first-order valence-electron chi connectivity index (χ1n) is 7.70. The minimum absolute atomic E-state index is 0.0198. The van der Waals surface area contributed by atoms with Gasteiger partial charge < -0.3 is 15.0 Å². The summed E-state index contributed by atoms with van der Waals surface area (Å²) < 4.78 is 4.62. The highest BCUT2D eigenvalue weighted by atomic mass is 16.5. The summed E-state index contributed by atoms with van der Waals surface area (Å²) in [4.78, 5) is 26.0. The van der Waals surface area contributed by atoms with E-state index in [9.17, 15) is 9.59 Å². The molecule has 1 aromatic rings. The number of nitrogens with one attached hydrogen (secondary N) is 1. The van der Waals surface area contributed by atoms with Gasteiger partial charge in [-0.2, -0.15) is 0 Å². The third kappa shape index (κ3) is 4.00. The third-order valence-corrected chi connectivity index (χ3v) is 3.96. The molecule has 5 heteroatoms. The molecule has 22 heavy (non-hydrogen) atoms. The molecule has 0 bridgehead atoms. The zero-order valence-electron chi connectivity index (χ0n) is 13.5. The van der Waals surface area contributed by atoms with Crippen molar-refractivity contribution in [2.45, 2.75) is 20.3 Å². The zero-order valence-corrected chi connectivity index (χ0v) is 13.5. The molecule has 1 aliphatic heterocycles. The summed E-state index contributed by atoms with van der Waals surface area (Å²) in [6, 6.07) is 7.30. The lowest BCUT2D eigenvalue weighted by atomic mass is 9.91. The van der Waals surface area contributed by atoms with Crippen molar-refractivity contribution < 1.29 is 14.3 Å². The lowest BCUT2D eigenvalue weighted by molar-refractivity contribution is -0.138. The highest BCUT2D eigenvalue weighted by molar-refractivity contribution is 6.00. The summed E-state index contributed by atoms with van der Waals surface area (Å²) >= 11 is 0. The van der Waals surface area contributed by atoms with Gasteiger partial charge in [0.2, 0.25) is 0 Å². The molecular formula is C17H24N2O3. The number of benzene rings is 1. The minimum atomic E-state index is -0.359. The number of carbonyl (C=O) groups excluding carboxylic acids is 2. The molecule has 2 rings (SSSR count). The van der Waals surface area contributed by atoms with Crippen LogP contribution >= 0.6 is 0 Å². The molecule has 0 radical (unpaired) electrons. The number of carbonyl (C=O) groups is 2. The van der Waals surface area contributed by atoms with Gasteiger partial charge in [0.25, 0.3) is 5.91 Å². The van der Waals surface area contributed by atoms with Gasteiger partial charge in [0.05, 0.1) is 12.7 Å². The summed E-state index contributed by atoms with van der Waals surface area (Å²) in [5, 5.41) is 2.98. The number of ether oxygens (including phenoxy) is 1. The molecule has 0 saturated carbocycles. The summed E-state index contributed by atoms with van der Waals surface area (Å²) in [6.45, 7) is 5.98. The molecule has 2 atom stereocenters. The van der Waals surface area contributed by atoms with Crippen LogP contribution in [0.5, 0.6) is 0 Å². The number of para-hydroxylation sites is 1. The van der Waals surface area contributed by atoms with E-state index in [0.29, 0.717) is 23.1 Å². The van der Waals surface area contributed by atoms with Crippen molar-refractivity contribution in [1.82, 2.24) is 4.90 Å². The third-order valence-electron chi connectivity index (χ3n) is 3.96. The number of amides is 1. The number of esters is 1. The molecule has 5 nitrogen and oxygen atoms in total. The Morgan fingerprint density at radius 2 is 1.86 bits per heavy atom. The van der Waals surface area contributed by atoms with Crippen LogP contribution in [-0.4, -0.2) is 43.5 Å². The number of anilines is 1. The van der Waals surface area contributed by atoms with Crippen molar-refractivity contribution in [3.8, 4) is 0 Å². The lowest BCUT2D eigenvalue weighted by Gasteiger charge is -2.35. The molecule has 1 amide bonds. The van der Waals surface area contributed by atoms with Gasteiger partial charge in [0, 0.05) is 18.8 Å². The van der Waals surface area contributed by atoms with Gasteiger partial charge in [-0.3, -0.25) is 9.59 Å². The number of methoxy groups -OCH3 is 1. The van der Waals surface area contributed by atoms with Gasteiger partial charge in [-0.25, -0.2) is 0 Å². The molecule has 1 fully saturated rings. The van der Waals surface area contributed by atoms with Crippen LogP contribution < -0.4 is 5.32 Å². The monoisotopic (exact) mass is 304 g/mol. The Morgan fingerprint density at radius 1 is 1.23 bits per heavy atom. The lowest BCUT2D eigenvalue weighted by Crippen LogP contribution is -2.42. The molecule has 1 N–H and O–H groups in total. The predicted octanol–water partition coefficient (Wildman–Crippen LogP) is 2.39. The van der Waals surface area contributed by atoms with Crippen LogP contribution in [0.15, 0.2) is 24.3 Å². The van der Waals surface area contributed by atoms with Gasteiger partial charge >= 0.3 is 5.97 Å². The first kappa shape index (κ1) is 16.3. The molecule has 1 saturated heterocycles. The Hall–Kier alpha value is -2.04. The van der Waals surface area contributed by atoms with Crippen molar-refractivity contribution in [2.24, 2.45) is 11.8 Å². The Labute approximate surface area is 131 Å². The zero-order chi connectivity index (χ0) is 16.1. The number of rotatable bonds is 4. The maximum Gasteiger partial charge on any atom is 0.325 e. The fraction of sp³-hybridized carbons (Fsp3) is 0.529. The van der Waals surface area contributed by atoms with Crippen molar-refractivity contribution in [3.63, 3.8) is 0 Å². The summed E-state index contributed by atoms with van der Waals surface area (Å²) in [5.74, 6) is 0.694. The Bertz CT molecular complexity index is 534. The molecule has 0 aliphatic carbocycles. The number of nitrogens with zero attached hydrogens (tertiary/aromatic N) is 1. The quantitative estimate of drug-likeness (QED) is 0.868. The average molecular weight is 304 g/mol. The van der Waals surface area contributed by atoms with Crippen LogP contribution in [-0.2, 0) is 9.53 Å². The summed E-state index contributed by atoms with van der Waals surface area (Å²) in [6.07, 6.45) is 1.16. The molecule has 0 unspecified atom stereocenters. The van der Waals surface area contributed by atoms with Crippen LogP contribution in [0.4, 0.5) is 5.69 Å². The molecule has 1 aromatic carbocycles. The molecule has 0 aromatic heterocycles. The fourth-order valence-electron chi connectivity index (χ4n) is 3.06. The number of likely N-dealkylation sites (tertiary alicyclic amines) is 1. The van der Waals surface area contributed by atoms with Gasteiger partial charge in [-0.1, -0.05) is 26.0 Å². The number of hydrogen-bond donors (Lipinski definition) is 1. The smallest absolute Gasteiger partial charge is 0.325 e. The SMILES string of the molecule is COC(=O)CNc1ccccc1C(=O)N1C[C@H](C)C[C@@H](C)C1. The maximum absolute atomic E-state index is 12.8. The predicted molar refractivity (Wildman–Crippen MR) is 85.8 cm³/mol. The first-order chi connectivity index (χ1) is 10.5. The van der Waals surface area contributed by atoms with Gasteiger partial charge in [-0.15, -0.1) is 0 Å². The summed E-state index contributed by atoms with van der Waals surface area (Å²) in [5.41, 5.74) is 1.27. The van der Waals surface area contributed by atoms with Crippen molar-refractivity contribution in [3.05, 3.63) is 29.8 Å². The Balaban J connectivity index is 2.13. The van der Waals surface area contributed by atoms with E-state index in [0.717, 1.165) is 19.5 Å². The van der Waals surface area contributed by atoms with Crippen molar-refractivity contribution in [1.29, 1.82) is 0 Å². The maximum atomic E-state index is 12.8. The molecule has 120 valence electrons. The second-order valence-electron chi connectivity index (χ2n) is 6.13. The standard InChI is InChI=1S/C17H24N2O3/c1-12-8-13(2)11-19(10-12)17(21)14-6-4-5-7-15(14)18-9-16(20)22-3/h4-7,12-13,18H,8-11H2,1-3H3/t12-,13-/m1/s1. The highest BCUT2D eigenvalue weighted by Gasteiger charge is 2.27. The topological polar surface area (TPSA) is 58.6 Å². The van der Waals surface area contributed by atoms with Crippen LogP contribution in [0, 0.1) is 11.8 Å². The molecule has 0 spiro atoms. The Kier molecular flexibility index (Phi) is 5.41. The normalized spacial score (nSPS) is 21.3. The van der Waals surface area contributed by atoms with E-state index in [1.165, 1.54) is 7.11 Å². The first-order valence-corrected chi connectivity index (χ1v) is 7.70. The van der Waals surface area contributed by atoms with Gasteiger partial charge in [0.15, 0.2) is 0 Å². The molecule has 1 aliphatic rings. The van der Waals surface area contributed by atoms with Crippen LogP contribution in [0.1, 0.15) is 30.6 Å². The van der Waals surface area contributed by atoms with E-state index in [1.807, 2.05) is 23.1 Å². The number of hydrogen-bond acceptors (Lipinski definition) is 4. The largest absolute Gasteiger partial charge is 0.468 e. The molecular weight excluding hydrogens is 280 g/mol. The Morgan fingerprint density at radius 3 is 2.50 bits per heavy atom. The van der Waals surface area contributed by atoms with Crippen molar-refractivity contribution in [2.75, 3.05) is 32.1 Å². The van der Waals surface area contributed by atoms with E-state index in [-0.39, 0.29) is 18.4 Å². The second-order valence-corrected chi connectivity index (χ2v) is 6.13. The van der Waals surface area contributed by atoms with Gasteiger partial charge in [-0.05, 0) is 30.4 Å². The minimum Gasteiger partial charge on any atom is -0.468 e. The van der Waals surface area contributed by atoms with Gasteiger partial charge in [0.1, 0.15) is 6.54 Å². The van der Waals surface area contributed by atoms with E-state index in [4.69, 9.17) is 0 Å². The fourth-order valence-corrected chi connectivity index (χ4v) is 3.06. The van der Waals surface area contributed by atoms with Crippen LogP contribution in [0.3, 0.4) is 0 Å². The van der Waals surface area contributed by atoms with Crippen molar-refractivity contribution >= 4 is 17.6 Å². The van der Waals surface area contributed by atoms with E-state index in [1.54, 1.807) is 6.07 Å². The molecule has 1 heterocycles. The number of piperidine rings is 1. The highest BCUT2D eigenvalue weighted by Crippen LogP contribution is 2.24. The van der Waals surface area contributed by atoms with E-state index < -0.39 is 0 Å². The van der Waals surface area contributed by atoms with E-state index in [2.05, 4.69) is 23.9 Å². The van der Waals surface area contributed by atoms with Crippen LogP contribution in [0.25, 0.3) is 0 Å². The summed E-state index contributed by atoms with van der Waals surface area (Å²) in [7, 11) is 1.34. The van der Waals surface area contributed by atoms with Crippen LogP contribution in [0.2, 0.25) is 0 Å².